The first kappa shape index (κ1) is 66.0. The molecule has 0 aliphatic carbocycles. The fourth-order valence-corrected chi connectivity index (χ4v) is 7.63. The molecule has 0 spiro atoms. The molecule has 9 N–H and O–H groups in total. The zero-order valence-electron chi connectivity index (χ0n) is 44.3. The lowest BCUT2D eigenvalue weighted by molar-refractivity contribution is -0.359. The molecular weight excluding hydrogens is 943 g/mol. The van der Waals surface area contributed by atoms with Crippen molar-refractivity contribution in [1.29, 1.82) is 0 Å². The second-order valence-electron chi connectivity index (χ2n) is 18.3. The van der Waals surface area contributed by atoms with E-state index in [2.05, 4.69) is 153 Å². The van der Waals surface area contributed by atoms with E-state index in [0.717, 1.165) is 96.3 Å². The van der Waals surface area contributed by atoms with E-state index in [1.807, 2.05) is 6.08 Å². The summed E-state index contributed by atoms with van der Waals surface area (Å²) in [6.07, 6.45) is 49.4. The Kier molecular flexibility index (Phi) is 39.3. The Morgan fingerprint density at radius 1 is 0.500 bits per heavy atom. The lowest BCUT2D eigenvalue weighted by Gasteiger charge is -2.46. The van der Waals surface area contributed by atoms with Gasteiger partial charge in [0.05, 0.1) is 32.0 Å². The van der Waals surface area contributed by atoms with Gasteiger partial charge in [0.25, 0.3) is 0 Å². The first-order valence-electron chi connectivity index (χ1n) is 27.1. The molecule has 2 aliphatic heterocycles. The average Bonchev–Trinajstić information content (AvgIpc) is 3.40. The molecule has 0 aromatic rings. The zero-order valence-corrected chi connectivity index (χ0v) is 44.3. The minimum absolute atomic E-state index is 0.206. The minimum Gasteiger partial charge on any atom is -0.394 e. The summed E-state index contributed by atoms with van der Waals surface area (Å²) in [4.78, 5) is 13.1. The number of nitrogens with one attached hydrogen (secondary N) is 1. The third-order valence-corrected chi connectivity index (χ3v) is 12.0. The van der Waals surface area contributed by atoms with Crippen LogP contribution in [0, 0.1) is 0 Å². The number of carbonyl (C=O) groups excluding carboxylic acids is 1. The molecule has 14 heteroatoms. The molecule has 0 saturated carbocycles. The van der Waals surface area contributed by atoms with Gasteiger partial charge >= 0.3 is 0 Å². The van der Waals surface area contributed by atoms with Crippen LogP contribution in [0.5, 0.6) is 0 Å². The largest absolute Gasteiger partial charge is 0.394 e. The number of aliphatic hydroxyl groups is 8. The molecule has 2 saturated heterocycles. The van der Waals surface area contributed by atoms with E-state index in [0.29, 0.717) is 12.8 Å². The fourth-order valence-electron chi connectivity index (χ4n) is 7.63. The van der Waals surface area contributed by atoms with Crippen molar-refractivity contribution in [3.63, 3.8) is 0 Å². The summed E-state index contributed by atoms with van der Waals surface area (Å²) in [5, 5.41) is 86.4. The summed E-state index contributed by atoms with van der Waals surface area (Å²) < 4.78 is 22.6. The monoisotopic (exact) mass is 1040 g/mol. The van der Waals surface area contributed by atoms with Crippen LogP contribution >= 0.6 is 0 Å². The summed E-state index contributed by atoms with van der Waals surface area (Å²) in [6, 6.07) is -0.963. The van der Waals surface area contributed by atoms with Gasteiger partial charge in [-0.25, -0.2) is 0 Å². The smallest absolute Gasteiger partial charge is 0.220 e. The molecule has 12 atom stereocenters. The van der Waals surface area contributed by atoms with Crippen LogP contribution in [0.25, 0.3) is 0 Å². The Morgan fingerprint density at radius 2 is 0.932 bits per heavy atom. The Labute approximate surface area is 443 Å². The van der Waals surface area contributed by atoms with Gasteiger partial charge in [-0.05, 0) is 103 Å². The number of ether oxygens (including phenoxy) is 4. The highest BCUT2D eigenvalue weighted by molar-refractivity contribution is 5.76. The molecule has 2 rings (SSSR count). The number of amides is 1. The molecule has 2 aliphatic rings. The predicted octanol–water partition coefficient (Wildman–Crippen LogP) is 8.21. The predicted molar refractivity (Wildman–Crippen MR) is 294 cm³/mol. The van der Waals surface area contributed by atoms with E-state index in [1.165, 1.54) is 0 Å². The van der Waals surface area contributed by atoms with Gasteiger partial charge < -0.3 is 65.1 Å². The summed E-state index contributed by atoms with van der Waals surface area (Å²) in [6.45, 7) is 2.46. The van der Waals surface area contributed by atoms with Crippen molar-refractivity contribution in [3.8, 4) is 0 Å². The molecule has 14 nitrogen and oxygen atoms in total. The topological polar surface area (TPSA) is 228 Å². The van der Waals surface area contributed by atoms with Crippen LogP contribution in [0.1, 0.15) is 129 Å². The van der Waals surface area contributed by atoms with Gasteiger partial charge in [0.2, 0.25) is 5.91 Å². The van der Waals surface area contributed by atoms with E-state index >= 15 is 0 Å². The van der Waals surface area contributed by atoms with Gasteiger partial charge in [0.15, 0.2) is 12.6 Å². The summed E-state index contributed by atoms with van der Waals surface area (Å²) in [5.74, 6) is -0.305. The number of hydrogen-bond donors (Lipinski definition) is 9. The highest BCUT2D eigenvalue weighted by Gasteiger charge is 2.51. The third-order valence-electron chi connectivity index (χ3n) is 12.0. The van der Waals surface area contributed by atoms with Crippen LogP contribution in [-0.2, 0) is 23.7 Å². The van der Waals surface area contributed by atoms with Crippen molar-refractivity contribution in [2.75, 3.05) is 19.8 Å². The quantitative estimate of drug-likeness (QED) is 0.0209. The van der Waals surface area contributed by atoms with Gasteiger partial charge in [-0.15, -0.1) is 0 Å². The summed E-state index contributed by atoms with van der Waals surface area (Å²) >= 11 is 0. The van der Waals surface area contributed by atoms with Crippen molar-refractivity contribution in [3.05, 3.63) is 146 Å². The average molecular weight is 1040 g/mol. The fraction of sp³-hybridized carbons (Fsp3) is 0.583. The van der Waals surface area contributed by atoms with Crippen molar-refractivity contribution < 1.29 is 64.6 Å². The summed E-state index contributed by atoms with van der Waals surface area (Å²) in [7, 11) is 0. The summed E-state index contributed by atoms with van der Waals surface area (Å²) in [5.41, 5.74) is 0. The van der Waals surface area contributed by atoms with Crippen LogP contribution in [0.4, 0.5) is 0 Å². The van der Waals surface area contributed by atoms with Crippen LogP contribution in [-0.4, -0.2) is 140 Å². The molecule has 2 heterocycles. The SMILES string of the molecule is CC/C=C\C/C=C\C/C=C\C/C=C\C/C=C\C/C=C\C/C=C\C/C=C\C/C=C\C/C=C\CCCCC(=O)NC(COC1OC(CO)C(OC2OC(CO)C(O)C(O)C2O)C(O)C1O)C(O)/C=C/CC/C=C/CCC. The van der Waals surface area contributed by atoms with E-state index < -0.39 is 86.8 Å². The lowest BCUT2D eigenvalue weighted by atomic mass is 9.97. The molecule has 74 heavy (non-hydrogen) atoms. The van der Waals surface area contributed by atoms with Crippen molar-refractivity contribution in [2.24, 2.45) is 0 Å². The van der Waals surface area contributed by atoms with E-state index in [1.54, 1.807) is 6.08 Å². The lowest BCUT2D eigenvalue weighted by Crippen LogP contribution is -2.65. The van der Waals surface area contributed by atoms with Crippen molar-refractivity contribution in [1.82, 2.24) is 5.32 Å². The van der Waals surface area contributed by atoms with E-state index in [-0.39, 0.29) is 18.9 Å². The molecule has 1 amide bonds. The number of unbranched alkanes of at least 4 members (excludes halogenated alkanes) is 4. The Hall–Kier alpha value is -4.13. The second kappa shape index (κ2) is 44.0. The normalized spacial score (nSPS) is 26.4. The molecule has 0 radical (unpaired) electrons. The first-order valence-corrected chi connectivity index (χ1v) is 27.1. The van der Waals surface area contributed by atoms with E-state index in [9.17, 15) is 45.6 Å². The number of carbonyl (C=O) groups is 1. The zero-order chi connectivity index (χ0) is 53.9. The van der Waals surface area contributed by atoms with Gasteiger partial charge in [0.1, 0.15) is 48.8 Å². The van der Waals surface area contributed by atoms with Gasteiger partial charge in [-0.3, -0.25) is 4.79 Å². The van der Waals surface area contributed by atoms with Crippen molar-refractivity contribution >= 4 is 5.91 Å². The van der Waals surface area contributed by atoms with Gasteiger partial charge in [0, 0.05) is 6.42 Å². The molecule has 0 aromatic heterocycles. The molecular formula is C60H93NO13. The van der Waals surface area contributed by atoms with Crippen molar-refractivity contribution in [2.45, 2.75) is 203 Å². The van der Waals surface area contributed by atoms with E-state index in [4.69, 9.17) is 18.9 Å². The first-order chi connectivity index (χ1) is 36.1. The molecule has 12 unspecified atom stereocenters. The molecule has 0 aromatic carbocycles. The van der Waals surface area contributed by atoms with Crippen LogP contribution < -0.4 is 5.32 Å². The Bertz CT molecular complexity index is 1790. The van der Waals surface area contributed by atoms with Crippen LogP contribution in [0.3, 0.4) is 0 Å². The molecule has 2 fully saturated rings. The maximum absolute atomic E-state index is 13.1. The molecule has 416 valence electrons. The number of aliphatic hydroxyl groups excluding tert-OH is 8. The second-order valence-corrected chi connectivity index (χ2v) is 18.3. The van der Waals surface area contributed by atoms with Gasteiger partial charge in [-0.1, -0.05) is 166 Å². The highest BCUT2D eigenvalue weighted by Crippen LogP contribution is 2.30. The maximum atomic E-state index is 13.1. The minimum atomic E-state index is -1.80. The number of allylic oxidation sites excluding steroid dienone is 23. The number of rotatable bonds is 39. The molecule has 0 bridgehead atoms. The third kappa shape index (κ3) is 29.8. The number of hydrogen-bond acceptors (Lipinski definition) is 13. The van der Waals surface area contributed by atoms with Crippen LogP contribution in [0.15, 0.2) is 146 Å². The Morgan fingerprint density at radius 3 is 1.42 bits per heavy atom. The standard InChI is InChI=1S/C60H93NO13/c1-3-5-7-9-11-12-13-14-15-16-17-18-19-20-21-22-23-24-25-26-27-28-29-30-31-32-33-34-35-36-38-40-42-44-52(65)61-48(49(64)43-41-39-37-10-8-6-4-2)47-71-59-57(70)55(68)58(51(46-63)73-59)74-60-56(69)54(67)53(66)50(45-62)72-60/h5,7-8,10-12,14-15,17-18,20-21,23-24,26-27,29-30,32-33,35-36,41,43,48-51,53-60,62-64,66-70H,3-4,6,9,13,16,19,22,25,28,31,34,37-40,42,44-47H2,1-2H3,(H,61,65)/b7-5-,10-8+,12-11-,15-14-,18-17-,21-20-,24-23-,27-26-,30-29-,33-32-,36-35-,43-41+. The Balaban J connectivity index is 1.69. The van der Waals surface area contributed by atoms with Gasteiger partial charge in [-0.2, -0.15) is 0 Å². The van der Waals surface area contributed by atoms with Crippen LogP contribution in [0.2, 0.25) is 0 Å². The maximum Gasteiger partial charge on any atom is 0.220 e. The highest BCUT2D eigenvalue weighted by atomic mass is 16.7.